The van der Waals surface area contributed by atoms with Gasteiger partial charge < -0.3 is 0 Å². The molecule has 1 radical (unpaired) electrons. The standard InChI is InChI=1S/C58H109S3/c1-5-9-13-16-19-22-25-28-31-34-37-40-43-46-50-59-56-53-55(49-12-8-4)54-57(60-51-47-44-41-38-35-32-29-26-23-20-17-14-10-6-2)58(56)61-52-48-45-42-39-36-33-30-27-24-21-18-15-11-7-3/h53-54H,4-52H2,1-3H3. The first-order chi connectivity index (χ1) is 30.3. The van der Waals surface area contributed by atoms with Crippen LogP contribution in [0.4, 0.5) is 0 Å². The highest BCUT2D eigenvalue weighted by atomic mass is 32.2. The lowest BCUT2D eigenvalue weighted by Crippen LogP contribution is -1.95. The Morgan fingerprint density at radius 3 is 0.770 bits per heavy atom. The molecule has 0 unspecified atom stereocenters. The van der Waals surface area contributed by atoms with Gasteiger partial charge in [-0.1, -0.05) is 285 Å². The van der Waals surface area contributed by atoms with Crippen LogP contribution in [0.3, 0.4) is 0 Å². The molecule has 1 aromatic rings. The average molecular weight is 903 g/mol. The summed E-state index contributed by atoms with van der Waals surface area (Å²) in [6.45, 7) is 11.2. The minimum atomic E-state index is 1.04. The van der Waals surface area contributed by atoms with Gasteiger partial charge >= 0.3 is 0 Å². The summed E-state index contributed by atoms with van der Waals surface area (Å²) in [4.78, 5) is 4.85. The second-order valence-electron chi connectivity index (χ2n) is 19.2. The SMILES string of the molecule is [CH2]CCCc1cc(SCCCCCCCCCCCCCCCC)c(SCCCCCCCCCCCCCCCC)c(SCCCCCCCCCCCCCCCC)c1. The molecule has 0 N–H and O–H groups in total. The van der Waals surface area contributed by atoms with E-state index in [0.29, 0.717) is 0 Å². The highest BCUT2D eigenvalue weighted by Crippen LogP contribution is 2.41. The summed E-state index contributed by atoms with van der Waals surface area (Å²) in [7, 11) is 0. The fourth-order valence-electron chi connectivity index (χ4n) is 8.89. The van der Waals surface area contributed by atoms with Gasteiger partial charge in [0.2, 0.25) is 0 Å². The summed E-state index contributed by atoms with van der Waals surface area (Å²) in [5.41, 5.74) is 1.57. The summed E-state index contributed by atoms with van der Waals surface area (Å²) in [6, 6.07) is 5.21. The first kappa shape index (κ1) is 59.3. The van der Waals surface area contributed by atoms with E-state index >= 15 is 0 Å². The van der Waals surface area contributed by atoms with E-state index in [-0.39, 0.29) is 0 Å². The van der Waals surface area contributed by atoms with Gasteiger partial charge in [0.05, 0.1) is 0 Å². The maximum absolute atomic E-state index is 4.20. The van der Waals surface area contributed by atoms with Crippen molar-refractivity contribution in [2.24, 2.45) is 0 Å². The molecule has 0 bridgehead atoms. The van der Waals surface area contributed by atoms with Gasteiger partial charge in [0, 0.05) is 14.7 Å². The Labute approximate surface area is 399 Å². The second-order valence-corrected chi connectivity index (χ2v) is 22.6. The van der Waals surface area contributed by atoms with Gasteiger partial charge in [-0.2, -0.15) is 0 Å². The molecule has 0 saturated heterocycles. The van der Waals surface area contributed by atoms with Crippen molar-refractivity contribution in [1.82, 2.24) is 0 Å². The third-order valence-electron chi connectivity index (χ3n) is 13.1. The van der Waals surface area contributed by atoms with E-state index in [1.807, 2.05) is 0 Å². The molecule has 0 aliphatic carbocycles. The third-order valence-corrected chi connectivity index (χ3v) is 16.8. The van der Waals surface area contributed by atoms with Gasteiger partial charge in [-0.05, 0) is 67.1 Å². The van der Waals surface area contributed by atoms with Crippen LogP contribution in [0.15, 0.2) is 26.8 Å². The molecule has 0 spiro atoms. The first-order valence-corrected chi connectivity index (χ1v) is 31.1. The molecule has 1 rings (SSSR count). The summed E-state index contributed by atoms with van der Waals surface area (Å²) in [5.74, 6) is 3.85. The number of thioether (sulfide) groups is 3. The van der Waals surface area contributed by atoms with Crippen LogP contribution in [0.25, 0.3) is 0 Å². The maximum Gasteiger partial charge on any atom is 0.0344 e. The fraction of sp³-hybridized carbons (Fsp3) is 0.879. The van der Waals surface area contributed by atoms with Crippen molar-refractivity contribution in [2.75, 3.05) is 17.3 Å². The highest BCUT2D eigenvalue weighted by Gasteiger charge is 2.14. The summed E-state index contributed by atoms with van der Waals surface area (Å²) in [6.07, 6.45) is 63.9. The molecule has 0 aliphatic heterocycles. The van der Waals surface area contributed by atoms with E-state index in [2.05, 4.69) is 75.1 Å². The second kappa shape index (κ2) is 49.7. The molecule has 0 amide bonds. The van der Waals surface area contributed by atoms with Crippen LogP contribution in [-0.4, -0.2) is 17.3 Å². The lowest BCUT2D eigenvalue weighted by atomic mass is 10.0. The summed E-state index contributed by atoms with van der Waals surface area (Å²) < 4.78 is 0. The minimum absolute atomic E-state index is 1.04. The molecular formula is C58H109S3. The largest absolute Gasteiger partial charge is 0.125 e. The van der Waals surface area contributed by atoms with Crippen LogP contribution in [0.2, 0.25) is 0 Å². The van der Waals surface area contributed by atoms with Gasteiger partial charge in [0.15, 0.2) is 0 Å². The van der Waals surface area contributed by atoms with Crippen molar-refractivity contribution >= 4 is 35.3 Å². The van der Waals surface area contributed by atoms with Crippen LogP contribution in [0.1, 0.15) is 309 Å². The summed E-state index contributed by atoms with van der Waals surface area (Å²) in [5, 5.41) is 0. The van der Waals surface area contributed by atoms with E-state index in [9.17, 15) is 0 Å². The number of benzene rings is 1. The molecule has 3 heteroatoms. The lowest BCUT2D eigenvalue weighted by molar-refractivity contribution is 0.538. The van der Waals surface area contributed by atoms with Crippen LogP contribution in [-0.2, 0) is 6.42 Å². The molecule has 359 valence electrons. The van der Waals surface area contributed by atoms with Gasteiger partial charge in [-0.3, -0.25) is 0 Å². The van der Waals surface area contributed by atoms with Gasteiger partial charge in [-0.15, -0.1) is 35.3 Å². The number of hydrogen-bond donors (Lipinski definition) is 0. The Morgan fingerprint density at radius 1 is 0.295 bits per heavy atom. The van der Waals surface area contributed by atoms with Crippen molar-refractivity contribution in [3.05, 3.63) is 24.6 Å². The molecule has 0 aromatic heterocycles. The van der Waals surface area contributed by atoms with Crippen molar-refractivity contribution in [1.29, 1.82) is 0 Å². The molecule has 0 saturated carbocycles. The number of aryl methyl sites for hydroxylation is 1. The van der Waals surface area contributed by atoms with Crippen molar-refractivity contribution in [3.63, 3.8) is 0 Å². The predicted octanol–water partition coefficient (Wildman–Crippen LogP) is 22.6. The zero-order valence-electron chi connectivity index (χ0n) is 42.0. The lowest BCUT2D eigenvalue weighted by Gasteiger charge is -2.17. The monoisotopic (exact) mass is 902 g/mol. The van der Waals surface area contributed by atoms with E-state index in [0.717, 1.165) is 6.42 Å². The van der Waals surface area contributed by atoms with Gasteiger partial charge in [-0.25, -0.2) is 0 Å². The molecule has 1 aromatic carbocycles. The van der Waals surface area contributed by atoms with Gasteiger partial charge in [0.25, 0.3) is 0 Å². The molecular weight excluding hydrogens is 793 g/mol. The van der Waals surface area contributed by atoms with Crippen LogP contribution < -0.4 is 0 Å². The number of rotatable bonds is 51. The van der Waals surface area contributed by atoms with E-state index in [1.54, 1.807) is 20.2 Å². The Morgan fingerprint density at radius 2 is 0.525 bits per heavy atom. The fourth-order valence-corrected chi connectivity index (χ4v) is 12.7. The smallest absolute Gasteiger partial charge is 0.0344 e. The topological polar surface area (TPSA) is 0 Å². The number of unbranched alkanes of at least 4 members (excludes halogenated alkanes) is 40. The van der Waals surface area contributed by atoms with Gasteiger partial charge in [0.1, 0.15) is 0 Å². The molecule has 0 aliphatic rings. The predicted molar refractivity (Wildman–Crippen MR) is 288 cm³/mol. The minimum Gasteiger partial charge on any atom is -0.125 e. The van der Waals surface area contributed by atoms with Crippen molar-refractivity contribution < 1.29 is 0 Å². The normalized spacial score (nSPS) is 11.7. The van der Waals surface area contributed by atoms with Crippen LogP contribution >= 0.6 is 35.3 Å². The quantitative estimate of drug-likeness (QED) is 0.0472. The number of hydrogen-bond acceptors (Lipinski definition) is 3. The average Bonchev–Trinajstić information content (AvgIpc) is 3.27. The molecule has 0 fully saturated rings. The first-order valence-electron chi connectivity index (χ1n) is 28.1. The van der Waals surface area contributed by atoms with E-state index in [4.69, 9.17) is 0 Å². The molecule has 61 heavy (non-hydrogen) atoms. The zero-order chi connectivity index (χ0) is 43.8. The highest BCUT2D eigenvalue weighted by molar-refractivity contribution is 8.03. The summed E-state index contributed by atoms with van der Waals surface area (Å²) >= 11 is 6.60. The third kappa shape index (κ3) is 40.3. The molecule has 0 nitrogen and oxygen atoms in total. The Hall–Kier alpha value is 0.270. The van der Waals surface area contributed by atoms with Crippen molar-refractivity contribution in [3.8, 4) is 0 Å². The molecule has 0 atom stereocenters. The maximum atomic E-state index is 4.20. The van der Waals surface area contributed by atoms with Crippen molar-refractivity contribution in [2.45, 2.75) is 324 Å². The van der Waals surface area contributed by atoms with Crippen LogP contribution in [0.5, 0.6) is 0 Å². The Kier molecular flexibility index (Phi) is 48.3. The van der Waals surface area contributed by atoms with E-state index < -0.39 is 0 Å². The van der Waals surface area contributed by atoms with Crippen LogP contribution in [0, 0.1) is 6.92 Å². The zero-order valence-corrected chi connectivity index (χ0v) is 44.5. The Bertz CT molecular complexity index is 935. The Balaban J connectivity index is 2.54. The van der Waals surface area contributed by atoms with E-state index in [1.165, 1.54) is 300 Å². The molecule has 0 heterocycles.